The normalized spacial score (nSPS) is 18.6. The molecule has 1 N–H and O–H groups in total. The third kappa shape index (κ3) is 3.17. The van der Waals surface area contributed by atoms with E-state index in [4.69, 9.17) is 11.6 Å². The summed E-state index contributed by atoms with van der Waals surface area (Å²) >= 11 is 7.85. The van der Waals surface area contributed by atoms with Crippen molar-refractivity contribution in [3.8, 4) is 0 Å². The highest BCUT2D eigenvalue weighted by molar-refractivity contribution is 7.99. The minimum atomic E-state index is 0.129. The van der Waals surface area contributed by atoms with Crippen LogP contribution >= 0.6 is 23.4 Å². The molecule has 1 aromatic rings. The van der Waals surface area contributed by atoms with Crippen LogP contribution in [0.2, 0.25) is 5.02 Å². The lowest BCUT2D eigenvalue weighted by atomic mass is 10.0. The lowest BCUT2D eigenvalue weighted by Crippen LogP contribution is -2.30. The fourth-order valence-corrected chi connectivity index (χ4v) is 3.29. The van der Waals surface area contributed by atoms with Gasteiger partial charge >= 0.3 is 0 Å². The first-order chi connectivity index (χ1) is 8.20. The zero-order chi connectivity index (χ0) is 12.3. The van der Waals surface area contributed by atoms with Gasteiger partial charge < -0.3 is 5.32 Å². The first kappa shape index (κ1) is 12.8. The number of thioether (sulfide) groups is 1. The molecular weight excluding hydrogens is 254 g/mol. The molecular formula is C13H16ClNOS. The topological polar surface area (TPSA) is 29.1 Å². The first-order valence-electron chi connectivity index (χ1n) is 5.92. The molecule has 2 rings (SSSR count). The Morgan fingerprint density at radius 3 is 3.18 bits per heavy atom. The van der Waals surface area contributed by atoms with Gasteiger partial charge in [-0.25, -0.2) is 0 Å². The van der Waals surface area contributed by atoms with Crippen LogP contribution in [0.15, 0.2) is 23.1 Å². The quantitative estimate of drug-likeness (QED) is 0.904. The van der Waals surface area contributed by atoms with Crippen LogP contribution in [0.1, 0.15) is 37.8 Å². The second kappa shape index (κ2) is 5.78. The van der Waals surface area contributed by atoms with Gasteiger partial charge in [-0.2, -0.15) is 0 Å². The predicted molar refractivity (Wildman–Crippen MR) is 72.6 cm³/mol. The zero-order valence-corrected chi connectivity index (χ0v) is 11.4. The molecule has 0 spiro atoms. The Kier molecular flexibility index (Phi) is 4.35. The van der Waals surface area contributed by atoms with Crippen LogP contribution in [-0.4, -0.2) is 11.7 Å². The van der Waals surface area contributed by atoms with Crippen molar-refractivity contribution in [3.63, 3.8) is 0 Å². The predicted octanol–water partition coefficient (Wildman–Crippen LogP) is 3.79. The number of fused-ring (bicyclic) bond motifs is 1. The Bertz CT molecular complexity index is 422. The van der Waals surface area contributed by atoms with Gasteiger partial charge in [0.2, 0.25) is 5.91 Å². The molecule has 4 heteroatoms. The van der Waals surface area contributed by atoms with E-state index in [1.165, 1.54) is 10.5 Å². The standard InChI is InChI=1S/C13H16ClNOS/c1-2-3-13(16)15-11-6-7-17-12-5-4-9(14)8-10(11)12/h4-5,8,11H,2-3,6-7H2,1H3,(H,15,16)/t11-/m1/s1. The van der Waals surface area contributed by atoms with Gasteiger partial charge in [0.05, 0.1) is 6.04 Å². The first-order valence-corrected chi connectivity index (χ1v) is 7.28. The number of benzene rings is 1. The monoisotopic (exact) mass is 269 g/mol. The van der Waals surface area contributed by atoms with Crippen LogP contribution in [0.5, 0.6) is 0 Å². The van der Waals surface area contributed by atoms with Gasteiger partial charge in [0.15, 0.2) is 0 Å². The zero-order valence-electron chi connectivity index (χ0n) is 9.83. The number of nitrogens with one attached hydrogen (secondary N) is 1. The van der Waals surface area contributed by atoms with Gasteiger partial charge in [0.25, 0.3) is 0 Å². The molecule has 0 aliphatic carbocycles. The van der Waals surface area contributed by atoms with E-state index in [9.17, 15) is 4.79 Å². The Balaban J connectivity index is 2.16. The Morgan fingerprint density at radius 1 is 1.59 bits per heavy atom. The van der Waals surface area contributed by atoms with Crippen LogP contribution in [0.25, 0.3) is 0 Å². The van der Waals surface area contributed by atoms with Crippen LogP contribution in [0, 0.1) is 0 Å². The SMILES string of the molecule is CCCC(=O)N[C@@H]1CCSc2ccc(Cl)cc21. The lowest BCUT2D eigenvalue weighted by molar-refractivity contribution is -0.121. The summed E-state index contributed by atoms with van der Waals surface area (Å²) in [5, 5.41) is 3.83. The molecule has 0 bridgehead atoms. The number of hydrogen-bond donors (Lipinski definition) is 1. The van der Waals surface area contributed by atoms with E-state index in [0.29, 0.717) is 6.42 Å². The highest BCUT2D eigenvalue weighted by Crippen LogP contribution is 2.37. The average molecular weight is 270 g/mol. The van der Waals surface area contributed by atoms with Crippen LogP contribution < -0.4 is 5.32 Å². The van der Waals surface area contributed by atoms with E-state index in [-0.39, 0.29) is 11.9 Å². The third-order valence-electron chi connectivity index (χ3n) is 2.82. The fourth-order valence-electron chi connectivity index (χ4n) is 2.01. The molecule has 0 saturated heterocycles. The summed E-state index contributed by atoms with van der Waals surface area (Å²) in [5.41, 5.74) is 1.17. The van der Waals surface area contributed by atoms with Gasteiger partial charge in [-0.3, -0.25) is 4.79 Å². The average Bonchev–Trinajstić information content (AvgIpc) is 2.30. The highest BCUT2D eigenvalue weighted by atomic mass is 35.5. The van der Waals surface area contributed by atoms with Gasteiger partial charge in [-0.1, -0.05) is 18.5 Å². The molecule has 92 valence electrons. The minimum absolute atomic E-state index is 0.129. The van der Waals surface area contributed by atoms with Crippen LogP contribution in [0.4, 0.5) is 0 Å². The summed E-state index contributed by atoms with van der Waals surface area (Å²) in [6.07, 6.45) is 2.46. The second-order valence-electron chi connectivity index (χ2n) is 4.19. The third-order valence-corrected chi connectivity index (χ3v) is 4.18. The number of halogens is 1. The molecule has 1 heterocycles. The van der Waals surface area contributed by atoms with E-state index < -0.39 is 0 Å². The van der Waals surface area contributed by atoms with Crippen LogP contribution in [-0.2, 0) is 4.79 Å². The molecule has 0 radical (unpaired) electrons. The minimum Gasteiger partial charge on any atom is -0.349 e. The Hall–Kier alpha value is -0.670. The summed E-state index contributed by atoms with van der Waals surface area (Å²) < 4.78 is 0. The van der Waals surface area contributed by atoms with E-state index in [2.05, 4.69) is 5.32 Å². The van der Waals surface area contributed by atoms with Crippen LogP contribution in [0.3, 0.4) is 0 Å². The maximum Gasteiger partial charge on any atom is 0.220 e. The molecule has 1 aliphatic rings. The smallest absolute Gasteiger partial charge is 0.220 e. The largest absolute Gasteiger partial charge is 0.349 e. The Morgan fingerprint density at radius 2 is 2.41 bits per heavy atom. The lowest BCUT2D eigenvalue weighted by Gasteiger charge is -2.26. The van der Waals surface area contributed by atoms with Crippen molar-refractivity contribution in [3.05, 3.63) is 28.8 Å². The number of carbonyl (C=O) groups excluding carboxylic acids is 1. The fraction of sp³-hybridized carbons (Fsp3) is 0.462. The molecule has 1 aromatic carbocycles. The van der Waals surface area contributed by atoms with Gasteiger partial charge in [0.1, 0.15) is 0 Å². The number of amides is 1. The molecule has 0 saturated carbocycles. The maximum absolute atomic E-state index is 11.7. The maximum atomic E-state index is 11.7. The van der Waals surface area contributed by atoms with Gasteiger partial charge in [-0.15, -0.1) is 11.8 Å². The van der Waals surface area contributed by atoms with Crippen molar-refractivity contribution in [2.75, 3.05) is 5.75 Å². The van der Waals surface area contributed by atoms with E-state index in [0.717, 1.165) is 23.6 Å². The van der Waals surface area contributed by atoms with Gasteiger partial charge in [-0.05, 0) is 36.6 Å². The molecule has 0 aromatic heterocycles. The molecule has 1 amide bonds. The second-order valence-corrected chi connectivity index (χ2v) is 5.76. The Labute approximate surface area is 111 Å². The molecule has 0 unspecified atom stereocenters. The highest BCUT2D eigenvalue weighted by Gasteiger charge is 2.22. The van der Waals surface area contributed by atoms with Crippen molar-refractivity contribution in [1.82, 2.24) is 5.32 Å². The summed E-state index contributed by atoms with van der Waals surface area (Å²) in [5.74, 6) is 1.18. The molecule has 0 fully saturated rings. The van der Waals surface area contributed by atoms with E-state index in [1.807, 2.05) is 36.9 Å². The van der Waals surface area contributed by atoms with E-state index >= 15 is 0 Å². The number of rotatable bonds is 3. The summed E-state index contributed by atoms with van der Waals surface area (Å²) in [6.45, 7) is 2.01. The summed E-state index contributed by atoms with van der Waals surface area (Å²) in [6, 6.07) is 6.05. The summed E-state index contributed by atoms with van der Waals surface area (Å²) in [4.78, 5) is 12.9. The molecule has 17 heavy (non-hydrogen) atoms. The molecule has 1 atom stereocenters. The number of hydrogen-bond acceptors (Lipinski definition) is 2. The van der Waals surface area contributed by atoms with Crippen molar-refractivity contribution in [1.29, 1.82) is 0 Å². The van der Waals surface area contributed by atoms with Crippen molar-refractivity contribution < 1.29 is 4.79 Å². The van der Waals surface area contributed by atoms with Crippen molar-refractivity contribution in [2.24, 2.45) is 0 Å². The van der Waals surface area contributed by atoms with Crippen molar-refractivity contribution >= 4 is 29.3 Å². The van der Waals surface area contributed by atoms with Crippen molar-refractivity contribution in [2.45, 2.75) is 37.1 Å². The van der Waals surface area contributed by atoms with E-state index in [1.54, 1.807) is 0 Å². The number of carbonyl (C=O) groups is 1. The van der Waals surface area contributed by atoms with Gasteiger partial charge in [0, 0.05) is 22.1 Å². The summed E-state index contributed by atoms with van der Waals surface area (Å²) in [7, 11) is 0. The molecule has 2 nitrogen and oxygen atoms in total. The molecule has 1 aliphatic heterocycles.